The van der Waals surface area contributed by atoms with E-state index in [2.05, 4.69) is 10.3 Å². The summed E-state index contributed by atoms with van der Waals surface area (Å²) in [6.45, 7) is 3.71. The van der Waals surface area contributed by atoms with Gasteiger partial charge in [0.2, 0.25) is 5.56 Å². The summed E-state index contributed by atoms with van der Waals surface area (Å²) in [6, 6.07) is 1.62. The van der Waals surface area contributed by atoms with Crippen LogP contribution in [0.1, 0.15) is 43.1 Å². The molecule has 1 aliphatic carbocycles. The van der Waals surface area contributed by atoms with Crippen LogP contribution >= 0.6 is 0 Å². The fraction of sp³-hybridized carbons (Fsp3) is 0.400. The molecular weight excluding hydrogens is 409 g/mol. The predicted molar refractivity (Wildman–Crippen MR) is 100 cm³/mol. The van der Waals surface area contributed by atoms with Gasteiger partial charge in [0.05, 0.1) is 11.6 Å². The number of alkyl halides is 3. The van der Waals surface area contributed by atoms with E-state index in [0.717, 1.165) is 18.2 Å². The Kier molecular flexibility index (Phi) is 5.87. The quantitative estimate of drug-likeness (QED) is 0.683. The Morgan fingerprint density at radius 1 is 1.23 bits per heavy atom. The topological polar surface area (TPSA) is 65.2 Å². The molecule has 0 radical (unpaired) electrons. The number of hydrogen-bond donors (Lipinski definition) is 2. The molecule has 0 saturated heterocycles. The van der Waals surface area contributed by atoms with Crippen molar-refractivity contribution >= 4 is 11.7 Å². The molecule has 162 valence electrons. The number of nitrogens with zero attached hydrogens (tertiary/aromatic N) is 1. The fourth-order valence-electron chi connectivity index (χ4n) is 3.69. The van der Waals surface area contributed by atoms with E-state index in [1.807, 2.05) is 0 Å². The third kappa shape index (κ3) is 4.47. The Morgan fingerprint density at radius 3 is 2.53 bits per heavy atom. The number of H-pyrrole nitrogens is 1. The third-order valence-electron chi connectivity index (χ3n) is 4.84. The van der Waals surface area contributed by atoms with Crippen molar-refractivity contribution in [3.05, 3.63) is 63.1 Å². The second kappa shape index (κ2) is 8.08. The van der Waals surface area contributed by atoms with Crippen LogP contribution in [0.3, 0.4) is 0 Å². The largest absolute Gasteiger partial charge is 0.417 e. The summed E-state index contributed by atoms with van der Waals surface area (Å²) in [5, 5.41) is 2.42. The summed E-state index contributed by atoms with van der Waals surface area (Å²) in [5.41, 5.74) is -1.94. The van der Waals surface area contributed by atoms with Gasteiger partial charge in [0, 0.05) is 35.6 Å². The van der Waals surface area contributed by atoms with E-state index in [0.29, 0.717) is 6.07 Å². The molecule has 2 N–H and O–H groups in total. The second-order valence-electron chi connectivity index (χ2n) is 7.60. The van der Waals surface area contributed by atoms with Gasteiger partial charge in [-0.1, -0.05) is 13.8 Å². The molecule has 1 aliphatic rings. The van der Waals surface area contributed by atoms with Crippen molar-refractivity contribution in [2.45, 2.75) is 38.9 Å². The van der Waals surface area contributed by atoms with Crippen molar-refractivity contribution in [2.24, 2.45) is 5.92 Å². The standard InChI is InChI=1S/C20H20F5N3O2/c1-10(2)9-28(19(30)26-11-3-4-13(21)14(22)7-11)16-6-5-15-18(16)12(20(23,24)25)8-17(29)27-15/h3-4,7-8,10,16H,5-6,9H2,1-2H3,(H,26,30)(H,27,29). The minimum Gasteiger partial charge on any atom is -0.326 e. The highest BCUT2D eigenvalue weighted by atomic mass is 19.4. The number of aromatic nitrogens is 1. The van der Waals surface area contributed by atoms with Crippen molar-refractivity contribution in [1.82, 2.24) is 9.88 Å². The van der Waals surface area contributed by atoms with Gasteiger partial charge in [-0.05, 0) is 30.9 Å². The average molecular weight is 429 g/mol. The number of anilines is 1. The van der Waals surface area contributed by atoms with Gasteiger partial charge in [0.15, 0.2) is 11.6 Å². The van der Waals surface area contributed by atoms with Crippen molar-refractivity contribution in [3.63, 3.8) is 0 Å². The SMILES string of the molecule is CC(C)CN(C(=O)Nc1ccc(F)c(F)c1)C1CCc2[nH]c(=O)cc(C(F)(F)F)c21. The molecule has 0 fully saturated rings. The maximum Gasteiger partial charge on any atom is 0.417 e. The van der Waals surface area contributed by atoms with Crippen LogP contribution in [-0.4, -0.2) is 22.5 Å². The van der Waals surface area contributed by atoms with Gasteiger partial charge in [0.1, 0.15) is 0 Å². The fourth-order valence-corrected chi connectivity index (χ4v) is 3.69. The van der Waals surface area contributed by atoms with Crippen molar-refractivity contribution in [3.8, 4) is 0 Å². The average Bonchev–Trinajstić information content (AvgIpc) is 3.04. The van der Waals surface area contributed by atoms with Crippen LogP contribution in [0.2, 0.25) is 0 Å². The van der Waals surface area contributed by atoms with Gasteiger partial charge in [0.25, 0.3) is 0 Å². The number of urea groups is 1. The molecule has 1 unspecified atom stereocenters. The van der Waals surface area contributed by atoms with E-state index in [1.165, 1.54) is 4.90 Å². The first-order valence-electron chi connectivity index (χ1n) is 9.33. The van der Waals surface area contributed by atoms with Crippen LogP contribution in [0, 0.1) is 17.6 Å². The number of halogens is 5. The lowest BCUT2D eigenvalue weighted by atomic mass is 10.0. The molecule has 2 amide bonds. The summed E-state index contributed by atoms with van der Waals surface area (Å²) >= 11 is 0. The maximum absolute atomic E-state index is 13.6. The number of amides is 2. The number of nitrogens with one attached hydrogen (secondary N) is 2. The van der Waals surface area contributed by atoms with Gasteiger partial charge in [-0.2, -0.15) is 13.2 Å². The number of carbonyl (C=O) groups excluding carboxylic acids is 1. The summed E-state index contributed by atoms with van der Waals surface area (Å²) in [4.78, 5) is 28.3. The Labute approximate surface area is 168 Å². The molecule has 30 heavy (non-hydrogen) atoms. The number of fused-ring (bicyclic) bond motifs is 1. The first-order valence-corrected chi connectivity index (χ1v) is 9.33. The minimum absolute atomic E-state index is 0.0246. The van der Waals surface area contributed by atoms with Gasteiger partial charge >= 0.3 is 12.2 Å². The minimum atomic E-state index is -4.76. The van der Waals surface area contributed by atoms with Gasteiger partial charge in [-0.3, -0.25) is 4.79 Å². The van der Waals surface area contributed by atoms with Crippen molar-refractivity contribution in [2.75, 3.05) is 11.9 Å². The molecule has 10 heteroatoms. The Hall–Kier alpha value is -2.91. The smallest absolute Gasteiger partial charge is 0.326 e. The van der Waals surface area contributed by atoms with Crippen LogP contribution < -0.4 is 10.9 Å². The monoisotopic (exact) mass is 429 g/mol. The molecule has 0 spiro atoms. The van der Waals surface area contributed by atoms with Crippen LogP contribution in [0.5, 0.6) is 0 Å². The Balaban J connectivity index is 1.99. The van der Waals surface area contributed by atoms with Crippen LogP contribution in [0.15, 0.2) is 29.1 Å². The molecule has 1 heterocycles. The second-order valence-corrected chi connectivity index (χ2v) is 7.60. The molecular formula is C20H20F5N3O2. The summed E-state index contributed by atoms with van der Waals surface area (Å²) < 4.78 is 67.4. The first kappa shape index (κ1) is 21.8. The van der Waals surface area contributed by atoms with Crippen molar-refractivity contribution < 1.29 is 26.7 Å². The number of benzene rings is 1. The highest BCUT2D eigenvalue weighted by Gasteiger charge is 2.42. The number of aromatic amines is 1. The third-order valence-corrected chi connectivity index (χ3v) is 4.84. The summed E-state index contributed by atoms with van der Waals surface area (Å²) in [5.74, 6) is -2.33. The summed E-state index contributed by atoms with van der Waals surface area (Å²) in [7, 11) is 0. The maximum atomic E-state index is 13.6. The zero-order valence-electron chi connectivity index (χ0n) is 16.2. The van der Waals surface area contributed by atoms with Crippen LogP contribution in [0.25, 0.3) is 0 Å². The molecule has 3 rings (SSSR count). The van der Waals surface area contributed by atoms with Gasteiger partial charge in [-0.15, -0.1) is 0 Å². The number of rotatable bonds is 4. The number of carbonyl (C=O) groups is 1. The molecule has 1 aromatic carbocycles. The van der Waals surface area contributed by atoms with E-state index in [1.54, 1.807) is 13.8 Å². The van der Waals surface area contributed by atoms with Gasteiger partial charge in [-0.25, -0.2) is 13.6 Å². The lowest BCUT2D eigenvalue weighted by molar-refractivity contribution is -0.138. The first-order chi connectivity index (χ1) is 14.0. The highest BCUT2D eigenvalue weighted by Crippen LogP contribution is 2.43. The Morgan fingerprint density at radius 2 is 1.93 bits per heavy atom. The van der Waals surface area contributed by atoms with Crippen molar-refractivity contribution in [1.29, 1.82) is 0 Å². The van der Waals surface area contributed by atoms with E-state index < -0.39 is 41.0 Å². The lowest BCUT2D eigenvalue weighted by Crippen LogP contribution is -2.40. The number of hydrogen-bond acceptors (Lipinski definition) is 2. The van der Waals surface area contributed by atoms with Crippen LogP contribution in [-0.2, 0) is 12.6 Å². The van der Waals surface area contributed by atoms with E-state index >= 15 is 0 Å². The number of pyridine rings is 1. The van der Waals surface area contributed by atoms with E-state index in [9.17, 15) is 31.5 Å². The zero-order chi connectivity index (χ0) is 22.2. The molecule has 0 aliphatic heterocycles. The number of aryl methyl sites for hydroxylation is 1. The predicted octanol–water partition coefficient (Wildman–Crippen LogP) is 4.85. The molecule has 2 aromatic rings. The van der Waals surface area contributed by atoms with Gasteiger partial charge < -0.3 is 15.2 Å². The highest BCUT2D eigenvalue weighted by molar-refractivity contribution is 5.89. The van der Waals surface area contributed by atoms with E-state index in [4.69, 9.17) is 0 Å². The molecule has 1 aromatic heterocycles. The zero-order valence-corrected chi connectivity index (χ0v) is 16.2. The summed E-state index contributed by atoms with van der Waals surface area (Å²) in [6.07, 6.45) is -4.40. The lowest BCUT2D eigenvalue weighted by Gasteiger charge is -2.32. The normalized spacial score (nSPS) is 15.9. The molecule has 0 bridgehead atoms. The molecule has 5 nitrogen and oxygen atoms in total. The van der Waals surface area contributed by atoms with E-state index in [-0.39, 0.29) is 42.2 Å². The Bertz CT molecular complexity index is 1020. The molecule has 1 atom stereocenters. The molecule has 0 saturated carbocycles. The van der Waals surface area contributed by atoms with Crippen LogP contribution in [0.4, 0.5) is 32.4 Å².